The highest BCUT2D eigenvalue weighted by Crippen LogP contribution is 2.68. The van der Waals surface area contributed by atoms with E-state index in [9.17, 15) is 0 Å². The fourth-order valence-corrected chi connectivity index (χ4v) is 27.6. The summed E-state index contributed by atoms with van der Waals surface area (Å²) < 4.78 is 0. The molecule has 8 heterocycles. The zero-order chi connectivity index (χ0) is 103. The number of para-hydroxylation sites is 4. The molecule has 0 aliphatic carbocycles. The molecule has 0 spiro atoms. The van der Waals surface area contributed by atoms with Crippen molar-refractivity contribution in [1.29, 1.82) is 0 Å². The molecule has 0 atom stereocenters. The molecule has 0 N–H and O–H groups in total. The van der Waals surface area contributed by atoms with Crippen LogP contribution in [0.1, 0.15) is 211 Å². The molecule has 20 aromatic carbocycles. The zero-order valence-corrected chi connectivity index (χ0v) is 89.2. The lowest BCUT2D eigenvalue weighted by atomic mass is 9.65. The van der Waals surface area contributed by atoms with Crippen molar-refractivity contribution in [3.63, 3.8) is 0 Å². The van der Waals surface area contributed by atoms with E-state index in [2.05, 4.69) is 569 Å². The van der Waals surface area contributed by atoms with Gasteiger partial charge < -0.3 is 19.6 Å². The maximum Gasteiger partial charge on any atom is 0.0544 e. The molecule has 0 fully saturated rings. The van der Waals surface area contributed by atoms with Crippen LogP contribution in [0.2, 0.25) is 0 Å². The minimum Gasteiger partial charge on any atom is -0.309 e. The Labute approximate surface area is 885 Å². The summed E-state index contributed by atoms with van der Waals surface area (Å²) in [5.74, 6) is 0. The molecule has 4 heteroatoms. The van der Waals surface area contributed by atoms with Gasteiger partial charge in [0.1, 0.15) is 0 Å². The highest BCUT2D eigenvalue weighted by atomic mass is 15.2. The summed E-state index contributed by atoms with van der Waals surface area (Å²) in [6.45, 7) is 43.3. The molecule has 150 heavy (non-hydrogen) atoms. The normalized spacial score (nSPS) is 16.2. The van der Waals surface area contributed by atoms with Gasteiger partial charge in [0.05, 0.1) is 68.2 Å². The number of benzene rings is 20. The highest BCUT2D eigenvalue weighted by molar-refractivity contribution is 6.02. The van der Waals surface area contributed by atoms with Crippen LogP contribution in [0.3, 0.4) is 0 Å². The summed E-state index contributed by atoms with van der Waals surface area (Å²) in [6, 6.07) is 161. The van der Waals surface area contributed by atoms with Gasteiger partial charge in [0.25, 0.3) is 0 Å². The molecule has 0 radical (unpaired) electrons. The first kappa shape index (κ1) is 92.2. The predicted octanol–water partition coefficient (Wildman–Crippen LogP) is 39.7. The third-order valence-electron chi connectivity index (χ3n) is 36.2. The van der Waals surface area contributed by atoms with Crippen LogP contribution in [-0.4, -0.2) is 0 Å². The number of rotatable bonds is 10. The number of fused-ring (bicyclic) bond motifs is 16. The molecule has 0 saturated heterocycles. The molecule has 0 bridgehead atoms. The van der Waals surface area contributed by atoms with Crippen molar-refractivity contribution < 1.29 is 0 Å². The molecule has 0 amide bonds. The second-order valence-corrected chi connectivity index (χ2v) is 47.7. The quantitative estimate of drug-likeness (QED) is 0.135. The Morgan fingerprint density at radius 3 is 0.500 bits per heavy atom. The lowest BCUT2D eigenvalue weighted by Crippen LogP contribution is -2.38. The van der Waals surface area contributed by atoms with Gasteiger partial charge in [0.15, 0.2) is 0 Å². The van der Waals surface area contributed by atoms with Crippen LogP contribution in [0.25, 0.3) is 111 Å². The molecule has 0 saturated carbocycles. The molecule has 0 aromatic heterocycles. The maximum atomic E-state index is 2.60. The predicted molar refractivity (Wildman–Crippen MR) is 632 cm³/mol. The van der Waals surface area contributed by atoms with E-state index in [1.54, 1.807) is 0 Å². The van der Waals surface area contributed by atoms with Crippen LogP contribution < -0.4 is 19.6 Å². The van der Waals surface area contributed by atoms with Crippen LogP contribution in [0.4, 0.5) is 68.2 Å². The van der Waals surface area contributed by atoms with E-state index in [4.69, 9.17) is 0 Å². The summed E-state index contributed by atoms with van der Waals surface area (Å²) in [5, 5.41) is 0. The van der Waals surface area contributed by atoms with Crippen LogP contribution in [-0.2, 0) is 43.3 Å². The van der Waals surface area contributed by atoms with Gasteiger partial charge in [-0.05, 0) is 347 Å². The minimum atomic E-state index is -0.283. The van der Waals surface area contributed by atoms with Gasteiger partial charge in [0.2, 0.25) is 0 Å². The summed E-state index contributed by atoms with van der Waals surface area (Å²) >= 11 is 0. The second-order valence-electron chi connectivity index (χ2n) is 47.7. The second kappa shape index (κ2) is 33.0. The van der Waals surface area contributed by atoms with Crippen molar-refractivity contribution in [1.82, 2.24) is 0 Å². The highest BCUT2D eigenvalue weighted by Gasteiger charge is 2.52. The topological polar surface area (TPSA) is 13.0 Å². The Morgan fingerprint density at radius 1 is 0.120 bits per heavy atom. The first-order valence-electron chi connectivity index (χ1n) is 53.8. The fourth-order valence-electron chi connectivity index (χ4n) is 27.6. The van der Waals surface area contributed by atoms with E-state index in [0.29, 0.717) is 0 Å². The minimum absolute atomic E-state index is 0.176. The molecule has 728 valence electrons. The lowest BCUT2D eigenvalue weighted by Gasteiger charge is -2.50. The Balaban J connectivity index is 0.000000148. The van der Waals surface area contributed by atoms with Crippen molar-refractivity contribution in [2.45, 2.75) is 168 Å². The third-order valence-corrected chi connectivity index (χ3v) is 36.2. The van der Waals surface area contributed by atoms with Gasteiger partial charge in [-0.15, -0.1) is 0 Å². The molecular weight excluding hydrogens is 1810 g/mol. The van der Waals surface area contributed by atoms with E-state index in [1.807, 2.05) is 0 Å². The van der Waals surface area contributed by atoms with Crippen molar-refractivity contribution in [2.75, 3.05) is 19.6 Å². The molecule has 28 rings (SSSR count). The number of nitrogens with zero attached hydrogens (tertiary/aromatic N) is 4. The van der Waals surface area contributed by atoms with Gasteiger partial charge in [0, 0.05) is 43.3 Å². The van der Waals surface area contributed by atoms with Crippen molar-refractivity contribution in [3.05, 3.63) is 525 Å². The first-order valence-corrected chi connectivity index (χ1v) is 53.8. The maximum absolute atomic E-state index is 2.60. The van der Waals surface area contributed by atoms with E-state index in [1.165, 1.54) is 280 Å². The number of aryl methyl sites for hydroxylation is 2. The smallest absolute Gasteiger partial charge is 0.0544 e. The van der Waals surface area contributed by atoms with Crippen LogP contribution in [0.5, 0.6) is 0 Å². The van der Waals surface area contributed by atoms with Crippen LogP contribution >= 0.6 is 0 Å². The van der Waals surface area contributed by atoms with Gasteiger partial charge >= 0.3 is 0 Å². The van der Waals surface area contributed by atoms with E-state index in [0.717, 1.165) is 0 Å². The summed E-state index contributed by atoms with van der Waals surface area (Å²) in [5.41, 5.74) is 62.9. The Kier molecular flexibility index (Phi) is 20.3. The number of anilines is 12. The summed E-state index contributed by atoms with van der Waals surface area (Å²) in [7, 11) is 0. The third kappa shape index (κ3) is 13.6. The average Bonchev–Trinajstić information content (AvgIpc) is 0.685. The first-order chi connectivity index (χ1) is 72.2. The van der Waals surface area contributed by atoms with E-state index < -0.39 is 0 Å². The largest absolute Gasteiger partial charge is 0.309 e. The van der Waals surface area contributed by atoms with Crippen molar-refractivity contribution in [3.8, 4) is 111 Å². The van der Waals surface area contributed by atoms with Crippen LogP contribution in [0.15, 0.2) is 425 Å². The standard InChI is InChI=1S/C74H64N2.C72H60N2/c1-45-38-56(46(2)37-55(45)50-31-29-49(30-32-50)53-41-61-69-62(42-53)72(5,6)58-26-18-20-28-66(58)75(69)65-27-19-17-25-57(65)71(61,3)4)54-43-63-70-64(44-54)74(9,10)60-40-52(48-23-15-12-16-24-48)34-36-68(60)76(70)67-35-33-51(39-59(67)73(63,7)8)47-21-13-11-14-22-47;1-69(2)55-23-15-17-25-63(55)73-64-26-18-16-24-56(64)70(3,4)60-42-53(41-59(69)67(60)73)49-31-27-47(28-32-49)48-29-33-50(34-30-48)54-43-61-68-62(44-54)72(7,8)58-40-52(46-21-13-10-14-22-46)36-38-66(58)74(68)65-37-35-51(39-57(65)71(61,5)6)45-19-11-9-12-20-45/h11-44H,1-10H3;9-44H,1-8H3. The fraction of sp³-hybridized carbons (Fsp3) is 0.178. The van der Waals surface area contributed by atoms with Gasteiger partial charge in [-0.2, -0.15) is 0 Å². The Hall–Kier alpha value is -16.4. The average molecular weight is 1930 g/mol. The monoisotopic (exact) mass is 1930 g/mol. The molecule has 20 aromatic rings. The van der Waals surface area contributed by atoms with E-state index in [-0.39, 0.29) is 43.3 Å². The zero-order valence-electron chi connectivity index (χ0n) is 89.2. The van der Waals surface area contributed by atoms with Crippen LogP contribution in [0, 0.1) is 13.8 Å². The Bertz CT molecular complexity index is 8620. The van der Waals surface area contributed by atoms with Gasteiger partial charge in [-0.3, -0.25) is 0 Å². The summed E-state index contributed by atoms with van der Waals surface area (Å²) in [6.07, 6.45) is 0. The van der Waals surface area contributed by atoms with E-state index >= 15 is 0 Å². The molecule has 8 aliphatic heterocycles. The van der Waals surface area contributed by atoms with Gasteiger partial charge in [-0.1, -0.05) is 414 Å². The van der Waals surface area contributed by atoms with Crippen molar-refractivity contribution >= 4 is 68.2 Å². The molecule has 8 aliphatic rings. The SMILES string of the molecule is CC1(C)c2ccccc2N2c3ccccc3C(C)(C)c3cc(-c4ccc(-c5ccc(-c6cc7c8c(c6)C(C)(C)c6cc(-c9ccccc9)ccc6N8c6ccc(-c8ccccc8)cc6C7(C)C)cc5)cc4)cc1c32.Cc1cc(-c2cc3c4c(c2)C(C)(C)c2cc(-c5ccccc5)ccc2N4c2ccc(-c4ccccc4)cc2C3(C)C)c(C)cc1-c1ccc(-c2cc3c4c(c2)C(C)(C)c2ccccc2N4c2ccccc2C3(C)C)cc1. The summed E-state index contributed by atoms with van der Waals surface area (Å²) in [4.78, 5) is 10.3. The van der Waals surface area contributed by atoms with Crippen molar-refractivity contribution in [2.24, 2.45) is 0 Å². The van der Waals surface area contributed by atoms with Gasteiger partial charge in [-0.25, -0.2) is 0 Å². The number of hydrogen-bond donors (Lipinski definition) is 0. The number of hydrogen-bond acceptors (Lipinski definition) is 4. The molecular formula is C146H124N4. The lowest BCUT2D eigenvalue weighted by molar-refractivity contribution is 0.597. The molecule has 4 nitrogen and oxygen atoms in total. The molecule has 0 unspecified atom stereocenters. The Morgan fingerprint density at radius 2 is 0.273 bits per heavy atom.